The summed E-state index contributed by atoms with van der Waals surface area (Å²) in [6, 6.07) is 10.5. The maximum atomic E-state index is 6.29. The minimum Gasteiger partial charge on any atom is -0.493 e. The molecule has 0 fully saturated rings. The molecule has 0 aliphatic heterocycles. The lowest BCUT2D eigenvalue weighted by atomic mass is 10.0. The second kappa shape index (κ2) is 7.48. The van der Waals surface area contributed by atoms with Crippen LogP contribution in [-0.2, 0) is 19.3 Å². The zero-order valence-corrected chi connectivity index (χ0v) is 13.7. The number of rotatable bonds is 7. The molecule has 0 saturated carbocycles. The van der Waals surface area contributed by atoms with E-state index in [-0.39, 0.29) is 6.04 Å². The van der Waals surface area contributed by atoms with E-state index in [2.05, 4.69) is 19.1 Å². The summed E-state index contributed by atoms with van der Waals surface area (Å²) >= 11 is 1.86. The van der Waals surface area contributed by atoms with Gasteiger partial charge in [0.2, 0.25) is 0 Å². The van der Waals surface area contributed by atoms with Gasteiger partial charge >= 0.3 is 0 Å². The van der Waals surface area contributed by atoms with Crippen LogP contribution in [0.25, 0.3) is 0 Å². The summed E-state index contributed by atoms with van der Waals surface area (Å²) in [5.41, 5.74) is 7.46. The molecule has 2 aromatic rings. The van der Waals surface area contributed by atoms with Crippen LogP contribution in [0.5, 0.6) is 11.5 Å². The van der Waals surface area contributed by atoms with Crippen molar-refractivity contribution in [2.24, 2.45) is 5.73 Å². The lowest BCUT2D eigenvalue weighted by molar-refractivity contribution is 0.354. The van der Waals surface area contributed by atoms with Gasteiger partial charge in [-0.15, -0.1) is 11.3 Å². The normalized spacial score (nSPS) is 12.2. The lowest BCUT2D eigenvalue weighted by Gasteiger charge is -2.13. The highest BCUT2D eigenvalue weighted by Crippen LogP contribution is 2.28. The van der Waals surface area contributed by atoms with Crippen LogP contribution in [0.2, 0.25) is 0 Å². The Bertz CT molecular complexity index is 580. The standard InChI is InChI=1S/C17H23NO2S/c1-4-14-6-7-15(21-14)11-13(18)9-12-5-8-16(19-2)17(10-12)20-3/h5-8,10,13H,4,9,11,18H2,1-3H3. The molecule has 21 heavy (non-hydrogen) atoms. The molecule has 1 atom stereocenters. The first-order valence-electron chi connectivity index (χ1n) is 7.20. The summed E-state index contributed by atoms with van der Waals surface area (Å²) in [4.78, 5) is 2.78. The highest BCUT2D eigenvalue weighted by atomic mass is 32.1. The maximum absolute atomic E-state index is 6.29. The van der Waals surface area contributed by atoms with E-state index in [4.69, 9.17) is 15.2 Å². The van der Waals surface area contributed by atoms with Gasteiger partial charge in [0.05, 0.1) is 14.2 Å². The summed E-state index contributed by atoms with van der Waals surface area (Å²) in [5.74, 6) is 1.51. The zero-order chi connectivity index (χ0) is 15.2. The average Bonchev–Trinajstić information content (AvgIpc) is 2.94. The predicted molar refractivity (Wildman–Crippen MR) is 88.6 cm³/mol. The number of ether oxygens (including phenoxy) is 2. The molecular formula is C17H23NO2S. The molecule has 0 bridgehead atoms. The van der Waals surface area contributed by atoms with Crippen molar-refractivity contribution in [1.29, 1.82) is 0 Å². The zero-order valence-electron chi connectivity index (χ0n) is 12.9. The van der Waals surface area contributed by atoms with Crippen LogP contribution in [0, 0.1) is 0 Å². The van der Waals surface area contributed by atoms with Gasteiger partial charge < -0.3 is 15.2 Å². The van der Waals surface area contributed by atoms with E-state index in [0.29, 0.717) is 0 Å². The van der Waals surface area contributed by atoms with Gasteiger partial charge in [-0.1, -0.05) is 13.0 Å². The molecule has 1 aromatic carbocycles. The Morgan fingerprint density at radius 1 is 1.00 bits per heavy atom. The van der Waals surface area contributed by atoms with Crippen LogP contribution in [0.1, 0.15) is 22.2 Å². The van der Waals surface area contributed by atoms with Gasteiger partial charge in [-0.05, 0) is 49.1 Å². The summed E-state index contributed by atoms with van der Waals surface area (Å²) in [6.07, 6.45) is 2.84. The van der Waals surface area contributed by atoms with Crippen molar-refractivity contribution in [1.82, 2.24) is 0 Å². The Morgan fingerprint density at radius 2 is 1.71 bits per heavy atom. The summed E-state index contributed by atoms with van der Waals surface area (Å²) in [6.45, 7) is 2.18. The molecule has 0 spiro atoms. The highest BCUT2D eigenvalue weighted by molar-refractivity contribution is 7.11. The topological polar surface area (TPSA) is 44.5 Å². The largest absolute Gasteiger partial charge is 0.493 e. The van der Waals surface area contributed by atoms with Gasteiger partial charge in [-0.2, -0.15) is 0 Å². The molecule has 2 N–H and O–H groups in total. The van der Waals surface area contributed by atoms with Gasteiger partial charge in [0.1, 0.15) is 0 Å². The molecule has 114 valence electrons. The summed E-state index contributed by atoms with van der Waals surface area (Å²) in [7, 11) is 3.30. The van der Waals surface area contributed by atoms with Crippen molar-refractivity contribution in [2.45, 2.75) is 32.2 Å². The van der Waals surface area contributed by atoms with Crippen LogP contribution in [0.4, 0.5) is 0 Å². The number of aryl methyl sites for hydroxylation is 1. The van der Waals surface area contributed by atoms with Gasteiger partial charge in [-0.3, -0.25) is 0 Å². The fourth-order valence-electron chi connectivity index (χ4n) is 2.36. The molecule has 1 unspecified atom stereocenters. The fraction of sp³-hybridized carbons (Fsp3) is 0.412. The quantitative estimate of drug-likeness (QED) is 0.852. The Labute approximate surface area is 130 Å². The average molecular weight is 305 g/mol. The number of hydrogen-bond acceptors (Lipinski definition) is 4. The molecule has 0 saturated heterocycles. The van der Waals surface area contributed by atoms with Crippen molar-refractivity contribution in [3.05, 3.63) is 45.6 Å². The Balaban J connectivity index is 2.00. The van der Waals surface area contributed by atoms with Crippen molar-refractivity contribution < 1.29 is 9.47 Å². The van der Waals surface area contributed by atoms with Gasteiger partial charge in [-0.25, -0.2) is 0 Å². The Morgan fingerprint density at radius 3 is 2.33 bits per heavy atom. The van der Waals surface area contributed by atoms with E-state index in [9.17, 15) is 0 Å². The lowest BCUT2D eigenvalue weighted by Crippen LogP contribution is -2.25. The molecule has 3 nitrogen and oxygen atoms in total. The SMILES string of the molecule is CCc1ccc(CC(N)Cc2ccc(OC)c(OC)c2)s1. The molecule has 0 aliphatic rings. The molecule has 0 amide bonds. The van der Waals surface area contributed by atoms with E-state index >= 15 is 0 Å². The Hall–Kier alpha value is -1.52. The smallest absolute Gasteiger partial charge is 0.160 e. The Kier molecular flexibility index (Phi) is 5.65. The first kappa shape index (κ1) is 15.9. The number of nitrogens with two attached hydrogens (primary N) is 1. The van der Waals surface area contributed by atoms with Crippen molar-refractivity contribution in [3.8, 4) is 11.5 Å². The summed E-state index contributed by atoms with van der Waals surface area (Å²) in [5, 5.41) is 0. The van der Waals surface area contributed by atoms with Crippen molar-refractivity contribution in [3.63, 3.8) is 0 Å². The van der Waals surface area contributed by atoms with E-state index in [1.807, 2.05) is 29.5 Å². The number of benzene rings is 1. The predicted octanol–water partition coefficient (Wildman–Crippen LogP) is 3.44. The maximum Gasteiger partial charge on any atom is 0.160 e. The van der Waals surface area contributed by atoms with Crippen molar-refractivity contribution in [2.75, 3.05) is 14.2 Å². The van der Waals surface area contributed by atoms with Gasteiger partial charge in [0.25, 0.3) is 0 Å². The van der Waals surface area contributed by atoms with E-state index in [1.165, 1.54) is 15.3 Å². The van der Waals surface area contributed by atoms with E-state index in [0.717, 1.165) is 30.8 Å². The first-order chi connectivity index (χ1) is 10.2. The fourth-order valence-corrected chi connectivity index (χ4v) is 3.41. The third-order valence-corrected chi connectivity index (χ3v) is 4.73. The molecule has 0 radical (unpaired) electrons. The van der Waals surface area contributed by atoms with E-state index < -0.39 is 0 Å². The molecule has 1 heterocycles. The monoisotopic (exact) mass is 305 g/mol. The number of thiophene rings is 1. The number of methoxy groups -OCH3 is 2. The third-order valence-electron chi connectivity index (χ3n) is 3.47. The van der Waals surface area contributed by atoms with Gasteiger partial charge in [0, 0.05) is 15.8 Å². The first-order valence-corrected chi connectivity index (χ1v) is 8.02. The minimum absolute atomic E-state index is 0.117. The van der Waals surface area contributed by atoms with Crippen molar-refractivity contribution >= 4 is 11.3 Å². The minimum atomic E-state index is 0.117. The van der Waals surface area contributed by atoms with Crippen LogP contribution < -0.4 is 15.2 Å². The summed E-state index contributed by atoms with van der Waals surface area (Å²) < 4.78 is 10.6. The van der Waals surface area contributed by atoms with Crippen LogP contribution in [0.15, 0.2) is 30.3 Å². The molecule has 0 aliphatic carbocycles. The van der Waals surface area contributed by atoms with Crippen LogP contribution in [-0.4, -0.2) is 20.3 Å². The third kappa shape index (κ3) is 4.22. The second-order valence-corrected chi connectivity index (χ2v) is 6.33. The number of hydrogen-bond donors (Lipinski definition) is 1. The highest BCUT2D eigenvalue weighted by Gasteiger charge is 2.10. The van der Waals surface area contributed by atoms with Crippen LogP contribution >= 0.6 is 11.3 Å². The van der Waals surface area contributed by atoms with Gasteiger partial charge in [0.15, 0.2) is 11.5 Å². The molecule has 1 aromatic heterocycles. The molecular weight excluding hydrogens is 282 g/mol. The van der Waals surface area contributed by atoms with E-state index in [1.54, 1.807) is 14.2 Å². The van der Waals surface area contributed by atoms with Crippen LogP contribution in [0.3, 0.4) is 0 Å². The molecule has 2 rings (SSSR count). The molecule has 4 heteroatoms. The second-order valence-electron chi connectivity index (χ2n) is 5.08.